The average Bonchev–Trinajstić information content (AvgIpc) is 3.47. The van der Waals surface area contributed by atoms with Crippen LogP contribution < -0.4 is 5.32 Å². The number of carbonyl (C=O) groups excluding carboxylic acids is 2. The lowest BCUT2D eigenvalue weighted by molar-refractivity contribution is -0.268. The Morgan fingerprint density at radius 1 is 1.02 bits per heavy atom. The lowest BCUT2D eigenvalue weighted by Gasteiger charge is -2.41. The Bertz CT molecular complexity index is 1590. The maximum atomic E-state index is 12.3. The summed E-state index contributed by atoms with van der Waals surface area (Å²) < 4.78 is 20.2. The molecular weight excluding hydrogens is 590 g/mol. The largest absolute Gasteiger partial charge is 0.453 e. The first-order valence-electron chi connectivity index (χ1n) is 15.0. The third kappa shape index (κ3) is 8.20. The fraction of sp³-hybridized carbons (Fsp3) is 0.343. The number of aryl methyl sites for hydroxylation is 1. The van der Waals surface area contributed by atoms with Crippen LogP contribution in [-0.2, 0) is 44.0 Å². The van der Waals surface area contributed by atoms with Crippen molar-refractivity contribution in [2.45, 2.75) is 63.7 Å². The van der Waals surface area contributed by atoms with Crippen LogP contribution in [0, 0.1) is 5.92 Å². The van der Waals surface area contributed by atoms with E-state index >= 15 is 0 Å². The van der Waals surface area contributed by atoms with Crippen LogP contribution in [0.5, 0.6) is 0 Å². The fourth-order valence-corrected chi connectivity index (χ4v) is 6.38. The molecule has 1 aliphatic heterocycles. The Morgan fingerprint density at radius 2 is 1.76 bits per heavy atom. The van der Waals surface area contributed by atoms with Crippen molar-refractivity contribution in [3.63, 3.8) is 0 Å². The topological polar surface area (TPSA) is 112 Å². The second-order valence-electron chi connectivity index (χ2n) is 11.2. The van der Waals surface area contributed by atoms with Crippen LogP contribution in [0.4, 0.5) is 0 Å². The molecule has 0 aliphatic carbocycles. The minimum atomic E-state index is -0.849. The van der Waals surface area contributed by atoms with Gasteiger partial charge in [0, 0.05) is 50.1 Å². The van der Waals surface area contributed by atoms with Crippen LogP contribution in [0.3, 0.4) is 0 Å². The molecule has 0 bridgehead atoms. The van der Waals surface area contributed by atoms with Gasteiger partial charge in [-0.25, -0.2) is 4.98 Å². The van der Waals surface area contributed by atoms with Gasteiger partial charge in [-0.1, -0.05) is 85.4 Å². The summed E-state index contributed by atoms with van der Waals surface area (Å²) in [6.45, 7) is 5.29. The quantitative estimate of drug-likeness (QED) is 0.160. The smallest absolute Gasteiger partial charge is 0.303 e. The van der Waals surface area contributed by atoms with E-state index in [0.29, 0.717) is 6.54 Å². The number of hydrogen-bond donors (Lipinski definition) is 2. The number of amides is 1. The normalized spacial score (nSPS) is 20.4. The van der Waals surface area contributed by atoms with E-state index < -0.39 is 18.4 Å². The molecular formula is C35H39N3O6S. The molecule has 236 valence electrons. The van der Waals surface area contributed by atoms with Crippen molar-refractivity contribution in [1.82, 2.24) is 14.9 Å². The second kappa shape index (κ2) is 14.9. The third-order valence-corrected chi connectivity index (χ3v) is 9.05. The second-order valence-corrected chi connectivity index (χ2v) is 12.2. The van der Waals surface area contributed by atoms with Gasteiger partial charge in [0.25, 0.3) is 5.91 Å². The molecule has 3 aromatic carbocycles. The molecule has 1 amide bonds. The summed E-state index contributed by atoms with van der Waals surface area (Å²) in [6, 6.07) is 24.0. The van der Waals surface area contributed by atoms with Crippen molar-refractivity contribution >= 4 is 23.6 Å². The van der Waals surface area contributed by atoms with Crippen molar-refractivity contribution in [2.24, 2.45) is 13.0 Å². The highest BCUT2D eigenvalue weighted by molar-refractivity contribution is 7.99. The van der Waals surface area contributed by atoms with E-state index in [2.05, 4.69) is 17.2 Å². The molecule has 1 aromatic heterocycles. The zero-order valence-corrected chi connectivity index (χ0v) is 26.7. The fourth-order valence-electron chi connectivity index (χ4n) is 5.29. The number of thioether (sulfide) groups is 1. The summed E-state index contributed by atoms with van der Waals surface area (Å²) in [7, 11) is 1.98. The van der Waals surface area contributed by atoms with Gasteiger partial charge in [0.15, 0.2) is 17.6 Å². The predicted molar refractivity (Wildman–Crippen MR) is 172 cm³/mol. The van der Waals surface area contributed by atoms with Crippen LogP contribution in [0.25, 0.3) is 11.1 Å². The molecule has 5 rings (SSSR count). The minimum Gasteiger partial charge on any atom is -0.453 e. The number of aromatic nitrogens is 2. The number of carbonyl (C=O) groups is 2. The molecule has 0 radical (unpaired) electrons. The number of imidazole rings is 1. The van der Waals surface area contributed by atoms with E-state index in [-0.39, 0.29) is 30.6 Å². The van der Waals surface area contributed by atoms with Crippen molar-refractivity contribution < 1.29 is 28.9 Å². The molecule has 1 aliphatic rings. The molecule has 9 nitrogen and oxygen atoms in total. The predicted octanol–water partition coefficient (Wildman–Crippen LogP) is 5.73. The Morgan fingerprint density at radius 3 is 2.42 bits per heavy atom. The monoisotopic (exact) mass is 629 g/mol. The van der Waals surface area contributed by atoms with Crippen molar-refractivity contribution in [3.8, 4) is 11.1 Å². The van der Waals surface area contributed by atoms with Crippen LogP contribution in [0.15, 0.2) is 90.3 Å². The standard InChI is InChI=1S/C35H39N3O6S/c1-22-31(21-45-35-36-16-17-38(35)4)43-34(44-32(22)28-10-8-25(20-39)9-11-28)29-14-12-27(13-15-29)30-7-5-6-26(18-30)19-37-33(41)23(2)42-24(3)40/h5-18,22-23,31-32,34,39H,19-21H2,1-4H3,(H,37,41)/t22-,23+,31+,32+,34+/m1/s1. The number of rotatable bonds is 11. The molecule has 1 saturated heterocycles. The number of nitrogens with one attached hydrogen (secondary N) is 1. The Hall–Kier alpha value is -3.96. The molecule has 0 saturated carbocycles. The molecule has 2 heterocycles. The Labute approximate surface area is 267 Å². The van der Waals surface area contributed by atoms with Gasteiger partial charge in [0.05, 0.1) is 18.8 Å². The number of aliphatic hydroxyl groups excluding tert-OH is 1. The van der Waals surface area contributed by atoms with E-state index in [9.17, 15) is 14.7 Å². The minimum absolute atomic E-state index is 0.00476. The van der Waals surface area contributed by atoms with E-state index in [1.165, 1.54) is 6.92 Å². The Kier molecular flexibility index (Phi) is 10.7. The Balaban J connectivity index is 1.31. The molecule has 2 N–H and O–H groups in total. The van der Waals surface area contributed by atoms with Crippen LogP contribution in [-0.4, -0.2) is 44.5 Å². The summed E-state index contributed by atoms with van der Waals surface area (Å²) in [5.74, 6) is -0.0414. The van der Waals surface area contributed by atoms with Crippen molar-refractivity contribution in [1.29, 1.82) is 0 Å². The van der Waals surface area contributed by atoms with E-state index in [4.69, 9.17) is 14.2 Å². The summed E-state index contributed by atoms with van der Waals surface area (Å²) in [5, 5.41) is 13.3. The summed E-state index contributed by atoms with van der Waals surface area (Å²) in [5.41, 5.74) is 5.76. The van der Waals surface area contributed by atoms with Gasteiger partial charge >= 0.3 is 5.97 Å². The highest BCUT2D eigenvalue weighted by Crippen LogP contribution is 2.43. The molecule has 0 unspecified atom stereocenters. The van der Waals surface area contributed by atoms with Gasteiger partial charge in [-0.2, -0.15) is 0 Å². The lowest BCUT2D eigenvalue weighted by atomic mass is 9.91. The first-order chi connectivity index (χ1) is 21.7. The van der Waals surface area contributed by atoms with E-state index in [1.807, 2.05) is 90.6 Å². The maximum Gasteiger partial charge on any atom is 0.303 e. The highest BCUT2D eigenvalue weighted by Gasteiger charge is 2.38. The van der Waals surface area contributed by atoms with Crippen LogP contribution >= 0.6 is 11.8 Å². The summed E-state index contributed by atoms with van der Waals surface area (Å²) in [6.07, 6.45) is 2.03. The zero-order valence-electron chi connectivity index (χ0n) is 25.9. The first-order valence-corrected chi connectivity index (χ1v) is 16.0. The van der Waals surface area contributed by atoms with Gasteiger partial charge in [0.2, 0.25) is 0 Å². The number of benzene rings is 3. The number of esters is 1. The van der Waals surface area contributed by atoms with Crippen LogP contribution in [0.2, 0.25) is 0 Å². The number of ether oxygens (including phenoxy) is 3. The van der Waals surface area contributed by atoms with Gasteiger partial charge < -0.3 is 29.2 Å². The molecule has 0 spiro atoms. The van der Waals surface area contributed by atoms with Crippen molar-refractivity contribution in [3.05, 3.63) is 107 Å². The zero-order chi connectivity index (χ0) is 31.9. The SMILES string of the molecule is CC(=O)O[C@@H](C)C(=O)NCc1cccc(-c2ccc([C@H]3O[C@@H](CSc4nccn4C)[C@@H](C)[C@@H](c4ccc(CO)cc4)O3)cc2)c1. The van der Waals surface area contributed by atoms with Gasteiger partial charge in [-0.05, 0) is 40.8 Å². The molecule has 10 heteroatoms. The maximum absolute atomic E-state index is 12.3. The first kappa shape index (κ1) is 32.4. The third-order valence-electron chi connectivity index (χ3n) is 7.90. The van der Waals surface area contributed by atoms with Gasteiger partial charge in [-0.15, -0.1) is 0 Å². The molecule has 4 aromatic rings. The molecule has 45 heavy (non-hydrogen) atoms. The lowest BCUT2D eigenvalue weighted by Crippen LogP contribution is -2.38. The number of aliphatic hydroxyl groups is 1. The molecule has 1 fully saturated rings. The van der Waals surface area contributed by atoms with E-state index in [0.717, 1.165) is 44.3 Å². The average molecular weight is 630 g/mol. The highest BCUT2D eigenvalue weighted by atomic mass is 32.2. The van der Waals surface area contributed by atoms with Gasteiger partial charge in [-0.3, -0.25) is 9.59 Å². The molecule has 5 atom stereocenters. The number of hydrogen-bond acceptors (Lipinski definition) is 8. The number of nitrogens with zero attached hydrogens (tertiary/aromatic N) is 2. The summed E-state index contributed by atoms with van der Waals surface area (Å²) >= 11 is 1.67. The van der Waals surface area contributed by atoms with E-state index in [1.54, 1.807) is 24.9 Å². The van der Waals surface area contributed by atoms with Crippen molar-refractivity contribution in [2.75, 3.05) is 5.75 Å². The summed E-state index contributed by atoms with van der Waals surface area (Å²) in [4.78, 5) is 27.9. The van der Waals surface area contributed by atoms with Crippen LogP contribution in [0.1, 0.15) is 55.4 Å². The van der Waals surface area contributed by atoms with Gasteiger partial charge in [0.1, 0.15) is 0 Å².